The predicted octanol–water partition coefficient (Wildman–Crippen LogP) is 0.929. The summed E-state index contributed by atoms with van der Waals surface area (Å²) in [5.74, 6) is 1.93. The van der Waals surface area contributed by atoms with Crippen LogP contribution in [0.4, 0.5) is 11.9 Å². The molecule has 0 unspecified atom stereocenters. The minimum atomic E-state index is 0.421. The van der Waals surface area contributed by atoms with Crippen molar-refractivity contribution in [3.8, 4) is 6.01 Å². The van der Waals surface area contributed by atoms with Crippen LogP contribution in [0.25, 0.3) is 0 Å². The molecule has 1 aliphatic carbocycles. The van der Waals surface area contributed by atoms with Crippen molar-refractivity contribution < 1.29 is 9.47 Å². The van der Waals surface area contributed by atoms with Gasteiger partial charge in [-0.05, 0) is 25.7 Å². The first-order chi connectivity index (χ1) is 9.85. The lowest BCUT2D eigenvalue weighted by Gasteiger charge is -2.27. The molecule has 0 radical (unpaired) electrons. The molecule has 1 aliphatic heterocycles. The van der Waals surface area contributed by atoms with Crippen LogP contribution >= 0.6 is 0 Å². The van der Waals surface area contributed by atoms with E-state index in [2.05, 4.69) is 25.2 Å². The summed E-state index contributed by atoms with van der Waals surface area (Å²) in [6, 6.07) is 0.421. The van der Waals surface area contributed by atoms with E-state index in [1.807, 2.05) is 6.92 Å². The van der Waals surface area contributed by atoms with Crippen LogP contribution in [0, 0.1) is 5.92 Å². The number of hydrogen-bond donors (Lipinski definition) is 1. The van der Waals surface area contributed by atoms with E-state index in [4.69, 9.17) is 9.47 Å². The first-order valence-corrected chi connectivity index (χ1v) is 7.30. The van der Waals surface area contributed by atoms with Gasteiger partial charge in [0.2, 0.25) is 11.9 Å². The Morgan fingerprint density at radius 3 is 2.75 bits per heavy atom. The highest BCUT2D eigenvalue weighted by Crippen LogP contribution is 2.29. The van der Waals surface area contributed by atoms with Gasteiger partial charge < -0.3 is 19.7 Å². The van der Waals surface area contributed by atoms with Crippen molar-refractivity contribution in [3.05, 3.63) is 0 Å². The summed E-state index contributed by atoms with van der Waals surface area (Å²) >= 11 is 0. The van der Waals surface area contributed by atoms with Crippen LogP contribution in [0.5, 0.6) is 6.01 Å². The molecular formula is C13H21N5O2. The van der Waals surface area contributed by atoms with Crippen molar-refractivity contribution in [3.63, 3.8) is 0 Å². The van der Waals surface area contributed by atoms with Gasteiger partial charge in [0.25, 0.3) is 0 Å². The second-order valence-electron chi connectivity index (χ2n) is 5.13. The van der Waals surface area contributed by atoms with Crippen LogP contribution in [0.15, 0.2) is 0 Å². The molecule has 0 atom stereocenters. The summed E-state index contributed by atoms with van der Waals surface area (Å²) in [6.45, 7) is 6.52. The number of nitrogens with one attached hydrogen (secondary N) is 1. The highest BCUT2D eigenvalue weighted by atomic mass is 16.5. The van der Waals surface area contributed by atoms with Gasteiger partial charge >= 0.3 is 6.01 Å². The van der Waals surface area contributed by atoms with Gasteiger partial charge in [-0.25, -0.2) is 0 Å². The Bertz CT molecular complexity index is 446. The first-order valence-electron chi connectivity index (χ1n) is 7.30. The van der Waals surface area contributed by atoms with Gasteiger partial charge in [0.05, 0.1) is 19.8 Å². The summed E-state index contributed by atoms with van der Waals surface area (Å²) < 4.78 is 11.0. The summed E-state index contributed by atoms with van der Waals surface area (Å²) in [6.07, 6.45) is 2.50. The van der Waals surface area contributed by atoms with Crippen LogP contribution in [-0.2, 0) is 4.74 Å². The van der Waals surface area contributed by atoms with Crippen molar-refractivity contribution in [1.82, 2.24) is 15.0 Å². The van der Waals surface area contributed by atoms with Crippen molar-refractivity contribution in [2.45, 2.75) is 19.8 Å². The fourth-order valence-electron chi connectivity index (χ4n) is 2.03. The molecule has 0 aromatic carbocycles. The van der Waals surface area contributed by atoms with E-state index in [0.29, 0.717) is 43.6 Å². The third kappa shape index (κ3) is 3.47. The van der Waals surface area contributed by atoms with Crippen molar-refractivity contribution >= 4 is 11.9 Å². The van der Waals surface area contributed by atoms with Crippen LogP contribution < -0.4 is 15.0 Å². The van der Waals surface area contributed by atoms with Crippen molar-refractivity contribution in [1.29, 1.82) is 0 Å². The summed E-state index contributed by atoms with van der Waals surface area (Å²) in [5, 5.41) is 3.13. The quantitative estimate of drug-likeness (QED) is 0.830. The summed E-state index contributed by atoms with van der Waals surface area (Å²) in [7, 11) is 0. The molecule has 20 heavy (non-hydrogen) atoms. The van der Waals surface area contributed by atoms with Gasteiger partial charge in [-0.2, -0.15) is 15.0 Å². The normalized spacial score (nSPS) is 18.9. The Morgan fingerprint density at radius 1 is 1.25 bits per heavy atom. The number of hydrogen-bond acceptors (Lipinski definition) is 7. The fourth-order valence-corrected chi connectivity index (χ4v) is 2.03. The van der Waals surface area contributed by atoms with Crippen molar-refractivity contribution in [2.24, 2.45) is 5.92 Å². The maximum absolute atomic E-state index is 5.69. The summed E-state index contributed by atoms with van der Waals surface area (Å²) in [4.78, 5) is 15.3. The van der Waals surface area contributed by atoms with Crippen molar-refractivity contribution in [2.75, 3.05) is 49.7 Å². The molecule has 1 saturated heterocycles. The molecule has 7 nitrogen and oxygen atoms in total. The van der Waals surface area contributed by atoms with Gasteiger partial charge in [-0.3, -0.25) is 0 Å². The minimum absolute atomic E-state index is 0.421. The number of aromatic nitrogens is 3. The molecule has 1 aromatic rings. The van der Waals surface area contributed by atoms with Gasteiger partial charge in [0.1, 0.15) is 0 Å². The molecule has 1 aromatic heterocycles. The van der Waals surface area contributed by atoms with Crippen LogP contribution in [0.1, 0.15) is 19.8 Å². The van der Waals surface area contributed by atoms with Crippen LogP contribution in [-0.4, -0.2) is 54.4 Å². The Balaban J connectivity index is 1.74. The van der Waals surface area contributed by atoms with E-state index in [-0.39, 0.29) is 0 Å². The molecule has 7 heteroatoms. The number of rotatable bonds is 6. The first kappa shape index (κ1) is 13.4. The molecule has 0 bridgehead atoms. The third-order valence-electron chi connectivity index (χ3n) is 3.38. The highest BCUT2D eigenvalue weighted by molar-refractivity contribution is 5.38. The second-order valence-corrected chi connectivity index (χ2v) is 5.13. The largest absolute Gasteiger partial charge is 0.463 e. The zero-order chi connectivity index (χ0) is 13.8. The molecule has 2 fully saturated rings. The lowest BCUT2D eigenvalue weighted by Crippen LogP contribution is -2.37. The molecule has 2 heterocycles. The monoisotopic (exact) mass is 279 g/mol. The summed E-state index contributed by atoms with van der Waals surface area (Å²) in [5.41, 5.74) is 0. The zero-order valence-corrected chi connectivity index (χ0v) is 11.8. The van der Waals surface area contributed by atoms with Gasteiger partial charge in [0, 0.05) is 19.6 Å². The van der Waals surface area contributed by atoms with E-state index in [1.165, 1.54) is 12.8 Å². The van der Waals surface area contributed by atoms with E-state index in [9.17, 15) is 0 Å². The van der Waals surface area contributed by atoms with Gasteiger partial charge in [-0.15, -0.1) is 0 Å². The lowest BCUT2D eigenvalue weighted by atomic mass is 10.4. The lowest BCUT2D eigenvalue weighted by molar-refractivity contribution is 0.122. The Morgan fingerprint density at radius 2 is 2.05 bits per heavy atom. The minimum Gasteiger partial charge on any atom is -0.463 e. The number of morpholine rings is 1. The molecule has 0 amide bonds. The van der Waals surface area contributed by atoms with Crippen LogP contribution in [0.3, 0.4) is 0 Å². The predicted molar refractivity (Wildman–Crippen MR) is 75.2 cm³/mol. The van der Waals surface area contributed by atoms with Gasteiger partial charge in [0.15, 0.2) is 0 Å². The standard InChI is InChI=1S/C13H21N5O2/c1-2-14-11-15-12(18-5-7-19-8-6-18)17-13(16-11)20-9-10-3-4-10/h10H,2-9H2,1H3,(H,14,15,16,17). The molecule has 110 valence electrons. The molecule has 0 spiro atoms. The average molecular weight is 279 g/mol. The second kappa shape index (κ2) is 6.21. The van der Waals surface area contributed by atoms with E-state index < -0.39 is 0 Å². The zero-order valence-electron chi connectivity index (χ0n) is 11.8. The highest BCUT2D eigenvalue weighted by Gasteiger charge is 2.23. The molecule has 1 saturated carbocycles. The fraction of sp³-hybridized carbons (Fsp3) is 0.769. The van der Waals surface area contributed by atoms with Crippen LogP contribution in [0.2, 0.25) is 0 Å². The molecule has 1 N–H and O–H groups in total. The number of nitrogens with zero attached hydrogens (tertiary/aromatic N) is 4. The SMILES string of the molecule is CCNc1nc(OCC2CC2)nc(N2CCOCC2)n1. The number of ether oxygens (including phenoxy) is 2. The molecular weight excluding hydrogens is 258 g/mol. The Labute approximate surface area is 118 Å². The Kier molecular flexibility index (Phi) is 4.15. The van der Waals surface area contributed by atoms with E-state index in [1.54, 1.807) is 0 Å². The maximum Gasteiger partial charge on any atom is 0.323 e. The van der Waals surface area contributed by atoms with E-state index >= 15 is 0 Å². The van der Waals surface area contributed by atoms with E-state index in [0.717, 1.165) is 19.6 Å². The Hall–Kier alpha value is -1.63. The topological polar surface area (TPSA) is 72.4 Å². The number of anilines is 2. The average Bonchev–Trinajstić information content (AvgIpc) is 3.30. The maximum atomic E-state index is 5.69. The third-order valence-corrected chi connectivity index (χ3v) is 3.38. The molecule has 3 rings (SSSR count). The smallest absolute Gasteiger partial charge is 0.323 e. The van der Waals surface area contributed by atoms with Gasteiger partial charge in [-0.1, -0.05) is 0 Å². The molecule has 2 aliphatic rings.